The lowest BCUT2D eigenvalue weighted by Crippen LogP contribution is -2.14. The topological polar surface area (TPSA) is 92.4 Å². The number of nitrogens with zero attached hydrogens (tertiary/aromatic N) is 1. The zero-order chi connectivity index (χ0) is 14.2. The van der Waals surface area contributed by atoms with Gasteiger partial charge in [-0.1, -0.05) is 5.16 Å². The van der Waals surface area contributed by atoms with Crippen molar-refractivity contribution < 1.29 is 18.0 Å². The van der Waals surface area contributed by atoms with Crippen LogP contribution in [0.1, 0.15) is 17.0 Å². The molecular formula is C12H14N2O4S. The fraction of sp³-hybridized carbons (Fsp3) is 0.250. The fourth-order valence-corrected chi connectivity index (χ4v) is 3.16. The highest BCUT2D eigenvalue weighted by molar-refractivity contribution is 7.92. The van der Waals surface area contributed by atoms with E-state index in [9.17, 15) is 13.5 Å². The van der Waals surface area contributed by atoms with Crippen LogP contribution in [0.5, 0.6) is 5.75 Å². The second kappa shape index (κ2) is 4.58. The first kappa shape index (κ1) is 13.4. The summed E-state index contributed by atoms with van der Waals surface area (Å²) in [5.41, 5.74) is 1.26. The molecule has 1 aromatic carbocycles. The van der Waals surface area contributed by atoms with Crippen LogP contribution in [-0.4, -0.2) is 18.7 Å². The van der Waals surface area contributed by atoms with E-state index in [4.69, 9.17) is 4.52 Å². The predicted molar refractivity (Wildman–Crippen MR) is 69.6 cm³/mol. The summed E-state index contributed by atoms with van der Waals surface area (Å²) in [6.45, 7) is 4.78. The quantitative estimate of drug-likeness (QED) is 0.841. The highest BCUT2D eigenvalue weighted by atomic mass is 32.2. The summed E-state index contributed by atoms with van der Waals surface area (Å²) in [6.07, 6.45) is 0. The second-order valence-corrected chi connectivity index (χ2v) is 5.88. The average molecular weight is 282 g/mol. The van der Waals surface area contributed by atoms with E-state index in [0.29, 0.717) is 16.9 Å². The SMILES string of the molecule is Cc1cc(NS(=O)(=O)c2c(C)noc2C)ccc1O. The van der Waals surface area contributed by atoms with E-state index in [1.165, 1.54) is 19.1 Å². The molecule has 2 N–H and O–H groups in total. The van der Waals surface area contributed by atoms with Crippen LogP contribution in [0.3, 0.4) is 0 Å². The summed E-state index contributed by atoms with van der Waals surface area (Å²) < 4.78 is 31.7. The Morgan fingerprint density at radius 1 is 1.26 bits per heavy atom. The molecule has 0 fully saturated rings. The molecule has 0 saturated heterocycles. The molecule has 0 aliphatic carbocycles. The van der Waals surface area contributed by atoms with Crippen molar-refractivity contribution in [3.63, 3.8) is 0 Å². The van der Waals surface area contributed by atoms with E-state index in [1.807, 2.05) is 0 Å². The summed E-state index contributed by atoms with van der Waals surface area (Å²) in [7, 11) is -3.75. The van der Waals surface area contributed by atoms with Crippen LogP contribution in [0.15, 0.2) is 27.6 Å². The van der Waals surface area contributed by atoms with E-state index in [0.717, 1.165) is 0 Å². The van der Waals surface area contributed by atoms with Crippen molar-refractivity contribution in [2.24, 2.45) is 0 Å². The molecule has 6 nitrogen and oxygen atoms in total. The fourth-order valence-electron chi connectivity index (χ4n) is 1.78. The van der Waals surface area contributed by atoms with E-state index < -0.39 is 10.0 Å². The van der Waals surface area contributed by atoms with E-state index in [2.05, 4.69) is 9.88 Å². The Morgan fingerprint density at radius 3 is 2.47 bits per heavy atom. The molecule has 0 amide bonds. The molecule has 0 saturated carbocycles. The molecule has 102 valence electrons. The maximum atomic E-state index is 12.2. The number of aryl methyl sites for hydroxylation is 3. The smallest absolute Gasteiger partial charge is 0.267 e. The van der Waals surface area contributed by atoms with Gasteiger partial charge in [0.05, 0.1) is 0 Å². The Hall–Kier alpha value is -2.02. The Bertz CT molecular complexity index is 700. The lowest BCUT2D eigenvalue weighted by atomic mass is 10.2. The number of hydrogen-bond acceptors (Lipinski definition) is 5. The number of phenols is 1. The van der Waals surface area contributed by atoms with Crippen molar-refractivity contribution in [1.29, 1.82) is 0 Å². The lowest BCUT2D eigenvalue weighted by Gasteiger charge is -2.08. The second-order valence-electron chi connectivity index (χ2n) is 4.26. The minimum absolute atomic E-state index is 0.0400. The Kier molecular flexibility index (Phi) is 3.23. The number of aromatic hydroxyl groups is 1. The molecule has 0 bridgehead atoms. The van der Waals surface area contributed by atoms with Gasteiger partial charge < -0.3 is 9.63 Å². The Balaban J connectivity index is 2.39. The van der Waals surface area contributed by atoms with Gasteiger partial charge in [0, 0.05) is 5.69 Å². The number of nitrogens with one attached hydrogen (secondary N) is 1. The zero-order valence-corrected chi connectivity index (χ0v) is 11.6. The molecule has 0 aliphatic rings. The summed E-state index contributed by atoms with van der Waals surface area (Å²) in [6, 6.07) is 4.46. The lowest BCUT2D eigenvalue weighted by molar-refractivity contribution is 0.390. The summed E-state index contributed by atoms with van der Waals surface area (Å²) in [4.78, 5) is 0.0400. The van der Waals surface area contributed by atoms with Gasteiger partial charge in [-0.3, -0.25) is 4.72 Å². The van der Waals surface area contributed by atoms with Crippen molar-refractivity contribution >= 4 is 15.7 Å². The number of aromatic nitrogens is 1. The zero-order valence-electron chi connectivity index (χ0n) is 10.8. The van der Waals surface area contributed by atoms with Gasteiger partial charge in [0.2, 0.25) is 0 Å². The van der Waals surface area contributed by atoms with Crippen LogP contribution < -0.4 is 4.72 Å². The van der Waals surface area contributed by atoms with Crippen LogP contribution in [0.4, 0.5) is 5.69 Å². The molecule has 0 unspecified atom stereocenters. The summed E-state index contributed by atoms with van der Waals surface area (Å²) in [5, 5.41) is 13.0. The van der Waals surface area contributed by atoms with Gasteiger partial charge in [-0.25, -0.2) is 8.42 Å². The van der Waals surface area contributed by atoms with Gasteiger partial charge in [-0.15, -0.1) is 0 Å². The van der Waals surface area contributed by atoms with E-state index in [-0.39, 0.29) is 16.4 Å². The minimum Gasteiger partial charge on any atom is -0.508 e. The minimum atomic E-state index is -3.75. The van der Waals surface area contributed by atoms with Gasteiger partial charge in [0.25, 0.3) is 10.0 Å². The monoisotopic (exact) mass is 282 g/mol. The van der Waals surface area contributed by atoms with Crippen LogP contribution in [0.2, 0.25) is 0 Å². The molecular weight excluding hydrogens is 268 g/mol. The number of sulfonamides is 1. The number of hydrogen-bond donors (Lipinski definition) is 2. The standard InChI is InChI=1S/C12H14N2O4S/c1-7-6-10(4-5-11(7)15)14-19(16,17)12-8(2)13-18-9(12)3/h4-6,14-15H,1-3H3. The maximum Gasteiger partial charge on any atom is 0.267 e. The highest BCUT2D eigenvalue weighted by Crippen LogP contribution is 2.25. The first-order valence-corrected chi connectivity index (χ1v) is 7.05. The molecule has 0 atom stereocenters. The third kappa shape index (κ3) is 2.55. The number of phenolic OH excluding ortho intramolecular Hbond substituents is 1. The largest absolute Gasteiger partial charge is 0.508 e. The van der Waals surface area contributed by atoms with Gasteiger partial charge in [-0.2, -0.15) is 0 Å². The van der Waals surface area contributed by atoms with Gasteiger partial charge in [0.15, 0.2) is 10.7 Å². The third-order valence-corrected chi connectivity index (χ3v) is 4.31. The highest BCUT2D eigenvalue weighted by Gasteiger charge is 2.24. The third-order valence-electron chi connectivity index (χ3n) is 2.69. The molecule has 2 rings (SSSR count). The van der Waals surface area contributed by atoms with Gasteiger partial charge in [0.1, 0.15) is 11.4 Å². The van der Waals surface area contributed by atoms with Crippen LogP contribution in [-0.2, 0) is 10.0 Å². The van der Waals surface area contributed by atoms with Crippen molar-refractivity contribution in [3.8, 4) is 5.75 Å². The number of benzene rings is 1. The van der Waals surface area contributed by atoms with Crippen LogP contribution in [0, 0.1) is 20.8 Å². The molecule has 7 heteroatoms. The summed E-state index contributed by atoms with van der Waals surface area (Å²) in [5.74, 6) is 0.348. The Morgan fingerprint density at radius 2 is 1.95 bits per heavy atom. The summed E-state index contributed by atoms with van der Waals surface area (Å²) >= 11 is 0. The van der Waals surface area contributed by atoms with E-state index >= 15 is 0 Å². The molecule has 1 aromatic heterocycles. The first-order valence-electron chi connectivity index (χ1n) is 5.56. The Labute approximate surface area is 111 Å². The maximum absolute atomic E-state index is 12.2. The van der Waals surface area contributed by atoms with Crippen molar-refractivity contribution in [2.45, 2.75) is 25.7 Å². The predicted octanol–water partition coefficient (Wildman–Crippen LogP) is 2.11. The van der Waals surface area contributed by atoms with Crippen molar-refractivity contribution in [2.75, 3.05) is 4.72 Å². The number of anilines is 1. The van der Waals surface area contributed by atoms with Crippen LogP contribution in [0.25, 0.3) is 0 Å². The van der Waals surface area contributed by atoms with E-state index in [1.54, 1.807) is 19.9 Å². The van der Waals surface area contributed by atoms with Crippen LogP contribution >= 0.6 is 0 Å². The molecule has 1 heterocycles. The number of rotatable bonds is 3. The molecule has 2 aromatic rings. The normalized spacial score (nSPS) is 11.5. The first-order chi connectivity index (χ1) is 8.81. The van der Waals surface area contributed by atoms with Crippen molar-refractivity contribution in [1.82, 2.24) is 5.16 Å². The van der Waals surface area contributed by atoms with Gasteiger partial charge in [-0.05, 0) is 44.5 Å². The molecule has 0 spiro atoms. The molecule has 19 heavy (non-hydrogen) atoms. The molecule has 0 radical (unpaired) electrons. The average Bonchev–Trinajstić information content (AvgIpc) is 2.64. The molecule has 0 aliphatic heterocycles. The van der Waals surface area contributed by atoms with Crippen molar-refractivity contribution in [3.05, 3.63) is 35.2 Å². The van der Waals surface area contributed by atoms with Gasteiger partial charge >= 0.3 is 0 Å².